The lowest BCUT2D eigenvalue weighted by atomic mass is 9.84. The number of unbranched alkanes of at least 4 members (excludes halogenated alkanes) is 24. The minimum Gasteiger partial charge on any atom is -0.462 e. The van der Waals surface area contributed by atoms with Crippen molar-refractivity contribution in [3.63, 3.8) is 0 Å². The van der Waals surface area contributed by atoms with Crippen LogP contribution in [0.15, 0.2) is 0 Å². The van der Waals surface area contributed by atoms with Crippen LogP contribution in [0.1, 0.15) is 201 Å². The first kappa shape index (κ1) is 63.3. The Morgan fingerprint density at radius 3 is 1.42 bits per heavy atom. The smallest absolute Gasteiger partial charge is 0.462 e. The summed E-state index contributed by atoms with van der Waals surface area (Å²) in [4.78, 5) is 48.7. The molecule has 0 aromatic heterocycles. The average molecular weight is 1010 g/mol. The van der Waals surface area contributed by atoms with Crippen molar-refractivity contribution in [2.75, 3.05) is 19.8 Å². The van der Waals surface area contributed by atoms with Gasteiger partial charge in [-0.1, -0.05) is 168 Å². The molecule has 19 nitrogen and oxygen atoms in total. The number of carbonyl (C=O) groups excluding carboxylic acids is 3. The van der Waals surface area contributed by atoms with Gasteiger partial charge < -0.3 is 64.9 Å². The van der Waals surface area contributed by atoms with Crippen molar-refractivity contribution in [3.05, 3.63) is 0 Å². The molecular weight excluding hydrogens is 922 g/mol. The highest BCUT2D eigenvalue weighted by Crippen LogP contribution is 2.48. The second kappa shape index (κ2) is 37.0. The van der Waals surface area contributed by atoms with Crippen molar-refractivity contribution in [1.82, 2.24) is 5.32 Å². The van der Waals surface area contributed by atoms with Crippen LogP contribution in [0.2, 0.25) is 0 Å². The molecule has 2 rings (SSSR count). The predicted molar refractivity (Wildman–Crippen MR) is 256 cm³/mol. The molecule has 0 spiro atoms. The van der Waals surface area contributed by atoms with Gasteiger partial charge in [0, 0.05) is 19.8 Å². The van der Waals surface area contributed by atoms with Crippen molar-refractivity contribution >= 4 is 25.7 Å². The molecule has 9 N–H and O–H groups in total. The highest BCUT2D eigenvalue weighted by molar-refractivity contribution is 7.47. The fourth-order valence-corrected chi connectivity index (χ4v) is 9.73. The van der Waals surface area contributed by atoms with E-state index in [-0.39, 0.29) is 12.8 Å². The van der Waals surface area contributed by atoms with Crippen LogP contribution in [-0.2, 0) is 46.9 Å². The van der Waals surface area contributed by atoms with Gasteiger partial charge in [-0.15, -0.1) is 0 Å². The van der Waals surface area contributed by atoms with Gasteiger partial charge in [-0.3, -0.25) is 23.4 Å². The molecule has 1 heterocycles. The number of phosphoric acid groups is 1. The minimum absolute atomic E-state index is 0.0332. The molecule has 406 valence electrons. The summed E-state index contributed by atoms with van der Waals surface area (Å²) in [6.45, 7) is 3.29. The Morgan fingerprint density at radius 2 is 0.986 bits per heavy atom. The third-order valence-electron chi connectivity index (χ3n) is 13.0. The number of amides is 1. The largest absolute Gasteiger partial charge is 0.472 e. The van der Waals surface area contributed by atoms with Crippen molar-refractivity contribution in [3.8, 4) is 0 Å². The van der Waals surface area contributed by atoms with E-state index in [9.17, 15) is 59.6 Å². The second-order valence-electron chi connectivity index (χ2n) is 19.1. The van der Waals surface area contributed by atoms with Gasteiger partial charge >= 0.3 is 19.8 Å². The van der Waals surface area contributed by atoms with Crippen LogP contribution in [0.5, 0.6) is 0 Å². The van der Waals surface area contributed by atoms with Gasteiger partial charge in [0.15, 0.2) is 12.4 Å². The van der Waals surface area contributed by atoms with E-state index in [1.54, 1.807) is 0 Å². The standard InChI is InChI=1S/C49H92NO18P/c1-4-6-8-10-12-14-16-18-20-22-24-26-28-30-38(53)63-33-36(65-39(54)31-29-27-25-23-21-19-17-15-13-11-9-7-5-2)34-64-69(61,62)68-48-46(60)44(58)43(57)45(59)47(48)67-49-40(50-35(3)52)42(56)41(55)37(32-51)66-49/h36-37,40-49,51,55-60H,4-34H2,1-3H3,(H,50,52)(H,61,62)/t36-,37-,40-,41-,42-,43-,44-,45+,46-,47-,48-,49+/m1/s1. The molecule has 1 aliphatic heterocycles. The minimum atomic E-state index is -5.39. The Bertz CT molecular complexity index is 1410. The molecule has 0 aromatic carbocycles. The van der Waals surface area contributed by atoms with Gasteiger partial charge in [-0.05, 0) is 12.8 Å². The summed E-state index contributed by atoms with van der Waals surface area (Å²) in [5.74, 6) is -1.94. The van der Waals surface area contributed by atoms with Crippen molar-refractivity contribution in [1.29, 1.82) is 0 Å². The summed E-state index contributed by atoms with van der Waals surface area (Å²) >= 11 is 0. The maximum absolute atomic E-state index is 13.5. The van der Waals surface area contributed by atoms with Crippen molar-refractivity contribution in [2.45, 2.75) is 274 Å². The Hall–Kier alpha value is -1.84. The summed E-state index contributed by atoms with van der Waals surface area (Å²) in [6.07, 6.45) is 8.28. The number of hydrogen-bond acceptors (Lipinski definition) is 17. The molecule has 1 saturated carbocycles. The number of carbonyl (C=O) groups is 3. The maximum Gasteiger partial charge on any atom is 0.472 e. The molecule has 0 radical (unpaired) electrons. The third kappa shape index (κ3) is 26.1. The van der Waals surface area contributed by atoms with Crippen LogP contribution in [0, 0.1) is 0 Å². The summed E-state index contributed by atoms with van der Waals surface area (Å²) < 4.78 is 46.2. The first-order valence-corrected chi connectivity index (χ1v) is 27.8. The van der Waals surface area contributed by atoms with Gasteiger partial charge in [0.25, 0.3) is 0 Å². The fourth-order valence-electron chi connectivity index (χ4n) is 8.76. The Labute approximate surface area is 411 Å². The van der Waals surface area contributed by atoms with E-state index < -0.39 is 119 Å². The number of nitrogens with one attached hydrogen (secondary N) is 1. The number of aliphatic hydroxyl groups excluding tert-OH is 7. The molecule has 2 aliphatic rings. The highest BCUT2D eigenvalue weighted by Gasteiger charge is 2.55. The quantitative estimate of drug-likeness (QED) is 0.0202. The lowest BCUT2D eigenvalue weighted by molar-refractivity contribution is -0.317. The van der Waals surface area contributed by atoms with Gasteiger partial charge in [-0.25, -0.2) is 4.57 Å². The molecule has 1 aliphatic carbocycles. The highest BCUT2D eigenvalue weighted by atomic mass is 31.2. The van der Waals surface area contributed by atoms with Crippen LogP contribution < -0.4 is 5.32 Å². The SMILES string of the molecule is CCCCCCCCCCCCCCCC(=O)OC[C@H](COP(=O)(O)O[C@@H]1[C@H](O)[C@H](O)[C@@H](O)[C@H](O)[C@H]1O[C@@H]1O[C@H](CO)[C@@H](O)[C@H](O)[C@H]1NC(C)=O)OC(=O)CCCCCCCCCCCCCCC. The van der Waals surface area contributed by atoms with E-state index in [0.717, 1.165) is 58.3 Å². The van der Waals surface area contributed by atoms with Gasteiger partial charge in [-0.2, -0.15) is 0 Å². The summed E-state index contributed by atoms with van der Waals surface area (Å²) in [6, 6.07) is -1.58. The van der Waals surface area contributed by atoms with Gasteiger partial charge in [0.05, 0.1) is 13.2 Å². The molecule has 13 atom stereocenters. The van der Waals surface area contributed by atoms with E-state index in [0.29, 0.717) is 12.8 Å². The Balaban J connectivity index is 2.02. The Kier molecular flexibility index (Phi) is 33.9. The number of esters is 2. The number of rotatable bonds is 40. The van der Waals surface area contributed by atoms with Crippen LogP contribution in [0.3, 0.4) is 0 Å². The van der Waals surface area contributed by atoms with E-state index >= 15 is 0 Å². The van der Waals surface area contributed by atoms with Crippen molar-refractivity contribution < 1.29 is 87.6 Å². The number of aliphatic hydroxyl groups is 7. The van der Waals surface area contributed by atoms with Gasteiger partial charge in [0.2, 0.25) is 5.91 Å². The van der Waals surface area contributed by atoms with Crippen LogP contribution >= 0.6 is 7.82 Å². The zero-order chi connectivity index (χ0) is 51.0. The molecule has 0 aromatic rings. The van der Waals surface area contributed by atoms with E-state index in [4.69, 9.17) is 28.0 Å². The molecule has 69 heavy (non-hydrogen) atoms. The van der Waals surface area contributed by atoms with Crippen molar-refractivity contribution in [2.24, 2.45) is 0 Å². The number of hydrogen-bond donors (Lipinski definition) is 9. The molecule has 1 amide bonds. The number of phosphoric ester groups is 1. The van der Waals surface area contributed by atoms with Crippen LogP contribution in [-0.4, -0.2) is 152 Å². The zero-order valence-electron chi connectivity index (χ0n) is 42.0. The molecule has 2 fully saturated rings. The first-order valence-electron chi connectivity index (χ1n) is 26.3. The number of ether oxygens (including phenoxy) is 4. The molecule has 20 heteroatoms. The monoisotopic (exact) mass is 1010 g/mol. The van der Waals surface area contributed by atoms with Crippen LogP contribution in [0.4, 0.5) is 0 Å². The predicted octanol–water partition coefficient (Wildman–Crippen LogP) is 5.69. The zero-order valence-corrected chi connectivity index (χ0v) is 42.9. The average Bonchev–Trinajstić information content (AvgIpc) is 3.32. The van der Waals surface area contributed by atoms with Gasteiger partial charge in [0.1, 0.15) is 67.6 Å². The van der Waals surface area contributed by atoms with E-state index in [2.05, 4.69) is 19.2 Å². The second-order valence-corrected chi connectivity index (χ2v) is 20.5. The lowest BCUT2D eigenvalue weighted by Crippen LogP contribution is -2.69. The van der Waals surface area contributed by atoms with Crippen LogP contribution in [0.25, 0.3) is 0 Å². The van der Waals surface area contributed by atoms with E-state index in [1.807, 2.05) is 0 Å². The third-order valence-corrected chi connectivity index (χ3v) is 13.9. The maximum atomic E-state index is 13.5. The fraction of sp³-hybridized carbons (Fsp3) is 0.939. The summed E-state index contributed by atoms with van der Waals surface area (Å²) in [7, 11) is -5.39. The van der Waals surface area contributed by atoms with E-state index in [1.165, 1.54) is 103 Å². The Morgan fingerprint density at radius 1 is 0.565 bits per heavy atom. The normalized spacial score (nSPS) is 27.4. The first-order chi connectivity index (χ1) is 33.1. The summed E-state index contributed by atoms with van der Waals surface area (Å²) in [5, 5.41) is 76.2. The topological polar surface area (TPSA) is 298 Å². The molecule has 1 unspecified atom stereocenters. The lowest BCUT2D eigenvalue weighted by Gasteiger charge is -2.48. The summed E-state index contributed by atoms with van der Waals surface area (Å²) in [5.41, 5.74) is 0. The molecular formula is C49H92NO18P. The molecule has 1 saturated heterocycles. The molecule has 0 bridgehead atoms.